The van der Waals surface area contributed by atoms with Crippen LogP contribution in [0.4, 0.5) is 5.69 Å². The minimum Gasteiger partial charge on any atom is -0.371 e. The summed E-state index contributed by atoms with van der Waals surface area (Å²) in [6.07, 6.45) is 2.56. The molecule has 106 valence electrons. The van der Waals surface area contributed by atoms with E-state index in [9.17, 15) is 0 Å². The van der Waals surface area contributed by atoms with Crippen molar-refractivity contribution in [2.24, 2.45) is 17.1 Å². The standard InChI is InChI=1S/C16H25BrN2/c1-16(2,3)13-6-8-19(9-7-13)15-5-4-14(17)10-12(15)11-18/h4-5,10,13H,6-9,11,18H2,1-3H3. The van der Waals surface area contributed by atoms with Crippen molar-refractivity contribution in [2.75, 3.05) is 18.0 Å². The van der Waals surface area contributed by atoms with Crippen molar-refractivity contribution >= 4 is 21.6 Å². The molecule has 2 rings (SSSR count). The summed E-state index contributed by atoms with van der Waals surface area (Å²) < 4.78 is 1.11. The fraction of sp³-hybridized carbons (Fsp3) is 0.625. The Balaban J connectivity index is 2.10. The normalized spacial score (nSPS) is 17.8. The zero-order valence-electron chi connectivity index (χ0n) is 12.2. The maximum Gasteiger partial charge on any atom is 0.0412 e. The lowest BCUT2D eigenvalue weighted by Gasteiger charge is -2.40. The third-order valence-corrected chi connectivity index (χ3v) is 4.82. The fourth-order valence-corrected chi connectivity index (χ4v) is 3.42. The van der Waals surface area contributed by atoms with Crippen molar-refractivity contribution in [3.63, 3.8) is 0 Å². The van der Waals surface area contributed by atoms with Crippen LogP contribution in [0.15, 0.2) is 22.7 Å². The molecule has 2 N–H and O–H groups in total. The van der Waals surface area contributed by atoms with E-state index in [4.69, 9.17) is 5.73 Å². The van der Waals surface area contributed by atoms with Crippen molar-refractivity contribution in [1.82, 2.24) is 0 Å². The van der Waals surface area contributed by atoms with E-state index >= 15 is 0 Å². The first-order chi connectivity index (χ1) is 8.91. The average molecular weight is 325 g/mol. The molecule has 3 heteroatoms. The number of hydrogen-bond donors (Lipinski definition) is 1. The van der Waals surface area contributed by atoms with E-state index in [2.05, 4.69) is 59.8 Å². The Hall–Kier alpha value is -0.540. The van der Waals surface area contributed by atoms with E-state index in [1.807, 2.05) is 0 Å². The van der Waals surface area contributed by atoms with Crippen LogP contribution in [0.1, 0.15) is 39.2 Å². The third-order valence-electron chi connectivity index (χ3n) is 4.32. The van der Waals surface area contributed by atoms with Crippen LogP contribution in [0, 0.1) is 11.3 Å². The van der Waals surface area contributed by atoms with Crippen molar-refractivity contribution in [3.8, 4) is 0 Å². The average Bonchev–Trinajstić information content (AvgIpc) is 2.37. The fourth-order valence-electron chi connectivity index (χ4n) is 3.01. The molecule has 19 heavy (non-hydrogen) atoms. The van der Waals surface area contributed by atoms with E-state index in [1.54, 1.807) is 0 Å². The molecule has 1 aliphatic heterocycles. The van der Waals surface area contributed by atoms with E-state index in [0.29, 0.717) is 12.0 Å². The van der Waals surface area contributed by atoms with Crippen LogP contribution in [0.3, 0.4) is 0 Å². The Kier molecular flexibility index (Phi) is 4.57. The van der Waals surface area contributed by atoms with Gasteiger partial charge in [-0.3, -0.25) is 0 Å². The van der Waals surface area contributed by atoms with E-state index in [1.165, 1.54) is 24.1 Å². The topological polar surface area (TPSA) is 29.3 Å². The van der Waals surface area contributed by atoms with E-state index in [0.717, 1.165) is 23.5 Å². The van der Waals surface area contributed by atoms with Gasteiger partial charge in [0.25, 0.3) is 0 Å². The maximum absolute atomic E-state index is 5.88. The zero-order chi connectivity index (χ0) is 14.0. The third kappa shape index (κ3) is 3.51. The Morgan fingerprint density at radius 3 is 2.42 bits per heavy atom. The summed E-state index contributed by atoms with van der Waals surface area (Å²) in [5.74, 6) is 0.834. The van der Waals surface area contributed by atoms with Gasteiger partial charge in [-0.05, 0) is 47.9 Å². The van der Waals surface area contributed by atoms with Crippen LogP contribution in [-0.2, 0) is 6.54 Å². The molecular weight excluding hydrogens is 300 g/mol. The quantitative estimate of drug-likeness (QED) is 0.884. The van der Waals surface area contributed by atoms with Crippen LogP contribution in [0.25, 0.3) is 0 Å². The molecule has 0 atom stereocenters. The number of benzene rings is 1. The van der Waals surface area contributed by atoms with Gasteiger partial charge in [-0.2, -0.15) is 0 Å². The molecule has 1 fully saturated rings. The summed E-state index contributed by atoms with van der Waals surface area (Å²) in [5.41, 5.74) is 8.87. The molecule has 0 aliphatic carbocycles. The Morgan fingerprint density at radius 2 is 1.89 bits per heavy atom. The van der Waals surface area contributed by atoms with Gasteiger partial charge in [0, 0.05) is 29.8 Å². The molecule has 0 bridgehead atoms. The van der Waals surface area contributed by atoms with Gasteiger partial charge >= 0.3 is 0 Å². The molecule has 1 heterocycles. The Labute approximate surface area is 125 Å². The zero-order valence-corrected chi connectivity index (χ0v) is 13.8. The highest BCUT2D eigenvalue weighted by atomic mass is 79.9. The predicted octanol–water partition coefficient (Wildman–Crippen LogP) is 4.17. The van der Waals surface area contributed by atoms with Gasteiger partial charge in [-0.1, -0.05) is 36.7 Å². The number of nitrogens with zero attached hydrogens (tertiary/aromatic N) is 1. The molecule has 0 aromatic heterocycles. The highest BCUT2D eigenvalue weighted by Crippen LogP contribution is 2.36. The molecule has 0 amide bonds. The van der Waals surface area contributed by atoms with Gasteiger partial charge in [0.15, 0.2) is 0 Å². The summed E-state index contributed by atoms with van der Waals surface area (Å²) >= 11 is 3.52. The molecule has 1 aliphatic rings. The van der Waals surface area contributed by atoms with Gasteiger partial charge in [0.2, 0.25) is 0 Å². The number of rotatable bonds is 2. The molecule has 2 nitrogen and oxygen atoms in total. The molecule has 0 saturated carbocycles. The lowest BCUT2D eigenvalue weighted by Crippen LogP contribution is -2.38. The monoisotopic (exact) mass is 324 g/mol. The first-order valence-electron chi connectivity index (χ1n) is 7.15. The van der Waals surface area contributed by atoms with Gasteiger partial charge in [0.1, 0.15) is 0 Å². The van der Waals surface area contributed by atoms with Crippen LogP contribution in [0.2, 0.25) is 0 Å². The lowest BCUT2D eigenvalue weighted by atomic mass is 9.75. The van der Waals surface area contributed by atoms with Gasteiger partial charge < -0.3 is 10.6 Å². The molecule has 1 aromatic rings. The SMILES string of the molecule is CC(C)(C)C1CCN(c2ccc(Br)cc2CN)CC1. The number of anilines is 1. The van der Waals surface area contributed by atoms with Crippen LogP contribution in [0.5, 0.6) is 0 Å². The summed E-state index contributed by atoms with van der Waals surface area (Å²) in [6, 6.07) is 6.46. The molecule has 0 unspecified atom stereocenters. The lowest BCUT2D eigenvalue weighted by molar-refractivity contribution is 0.199. The second-order valence-corrected chi connectivity index (χ2v) is 7.52. The Bertz CT molecular complexity index is 429. The predicted molar refractivity (Wildman–Crippen MR) is 86.4 cm³/mol. The van der Waals surface area contributed by atoms with E-state index < -0.39 is 0 Å². The maximum atomic E-state index is 5.88. The van der Waals surface area contributed by atoms with Crippen LogP contribution < -0.4 is 10.6 Å². The van der Waals surface area contributed by atoms with E-state index in [-0.39, 0.29) is 0 Å². The largest absolute Gasteiger partial charge is 0.371 e. The van der Waals surface area contributed by atoms with Crippen molar-refractivity contribution < 1.29 is 0 Å². The smallest absolute Gasteiger partial charge is 0.0412 e. The second kappa shape index (κ2) is 5.84. The molecular formula is C16H25BrN2. The summed E-state index contributed by atoms with van der Waals surface area (Å²) in [7, 11) is 0. The molecule has 1 saturated heterocycles. The summed E-state index contributed by atoms with van der Waals surface area (Å²) in [4.78, 5) is 2.50. The van der Waals surface area contributed by atoms with Crippen molar-refractivity contribution in [2.45, 2.75) is 40.2 Å². The highest BCUT2D eigenvalue weighted by Gasteiger charge is 2.29. The summed E-state index contributed by atoms with van der Waals surface area (Å²) in [5, 5.41) is 0. The Morgan fingerprint density at radius 1 is 1.26 bits per heavy atom. The summed E-state index contributed by atoms with van der Waals surface area (Å²) in [6.45, 7) is 9.98. The number of hydrogen-bond acceptors (Lipinski definition) is 2. The second-order valence-electron chi connectivity index (χ2n) is 6.60. The minimum atomic E-state index is 0.433. The molecule has 1 aromatic carbocycles. The molecule has 0 radical (unpaired) electrons. The van der Waals surface area contributed by atoms with Crippen LogP contribution >= 0.6 is 15.9 Å². The number of halogens is 1. The van der Waals surface area contributed by atoms with Crippen molar-refractivity contribution in [1.29, 1.82) is 0 Å². The molecule has 0 spiro atoms. The van der Waals surface area contributed by atoms with Crippen LogP contribution in [-0.4, -0.2) is 13.1 Å². The number of piperidine rings is 1. The van der Waals surface area contributed by atoms with Gasteiger partial charge in [0.05, 0.1) is 0 Å². The minimum absolute atomic E-state index is 0.433. The van der Waals surface area contributed by atoms with Crippen molar-refractivity contribution in [3.05, 3.63) is 28.2 Å². The van der Waals surface area contributed by atoms with Gasteiger partial charge in [-0.25, -0.2) is 0 Å². The van der Waals surface area contributed by atoms with Gasteiger partial charge in [-0.15, -0.1) is 0 Å². The number of nitrogens with two attached hydrogens (primary N) is 1. The first kappa shape index (κ1) is 14.9. The highest BCUT2D eigenvalue weighted by molar-refractivity contribution is 9.10. The first-order valence-corrected chi connectivity index (χ1v) is 7.94.